The fourth-order valence-electron chi connectivity index (χ4n) is 1.40. The van der Waals surface area contributed by atoms with Crippen LogP contribution in [0.3, 0.4) is 0 Å². The summed E-state index contributed by atoms with van der Waals surface area (Å²) in [5.41, 5.74) is 0. The van der Waals surface area contributed by atoms with Gasteiger partial charge < -0.3 is 4.74 Å². The van der Waals surface area contributed by atoms with Crippen LogP contribution in [0.15, 0.2) is 0 Å². The predicted octanol–water partition coefficient (Wildman–Crippen LogP) is 0.848. The van der Waals surface area contributed by atoms with Gasteiger partial charge in [0.05, 0.1) is 7.11 Å². The third kappa shape index (κ3) is 5.79. The minimum absolute atomic E-state index is 0.231. The standard InChI is InChI=1S/C11H24N2O4S/c1-5-6-9-12(2)18(15,16)13(3)10-7-8-11(14)17-4/h5-10H2,1-4H3. The molecule has 0 amide bonds. The van der Waals surface area contributed by atoms with Crippen molar-refractivity contribution in [3.8, 4) is 0 Å². The van der Waals surface area contributed by atoms with E-state index in [-0.39, 0.29) is 12.4 Å². The van der Waals surface area contributed by atoms with Crippen molar-refractivity contribution in [2.45, 2.75) is 32.6 Å². The van der Waals surface area contributed by atoms with Crippen molar-refractivity contribution in [2.24, 2.45) is 0 Å². The van der Waals surface area contributed by atoms with Crippen LogP contribution >= 0.6 is 0 Å². The molecule has 0 atom stereocenters. The first-order valence-electron chi connectivity index (χ1n) is 6.10. The van der Waals surface area contributed by atoms with Crippen LogP contribution in [0, 0.1) is 0 Å². The number of carbonyl (C=O) groups is 1. The SMILES string of the molecule is CCCCN(C)S(=O)(=O)N(C)CCCC(=O)OC. The van der Waals surface area contributed by atoms with Crippen LogP contribution in [-0.2, 0) is 19.7 Å². The minimum atomic E-state index is -3.40. The van der Waals surface area contributed by atoms with E-state index in [1.807, 2.05) is 6.92 Å². The van der Waals surface area contributed by atoms with E-state index in [9.17, 15) is 13.2 Å². The van der Waals surface area contributed by atoms with E-state index < -0.39 is 10.2 Å². The smallest absolute Gasteiger partial charge is 0.305 e. The lowest BCUT2D eigenvalue weighted by atomic mass is 10.3. The Bertz CT molecular complexity index is 343. The second-order valence-corrected chi connectivity index (χ2v) is 6.33. The maximum Gasteiger partial charge on any atom is 0.305 e. The van der Waals surface area contributed by atoms with Crippen LogP contribution in [0.5, 0.6) is 0 Å². The van der Waals surface area contributed by atoms with Gasteiger partial charge in [0.2, 0.25) is 0 Å². The molecule has 0 aromatic rings. The monoisotopic (exact) mass is 280 g/mol. The molecule has 0 aromatic carbocycles. The van der Waals surface area contributed by atoms with Crippen LogP contribution in [0.1, 0.15) is 32.6 Å². The van der Waals surface area contributed by atoms with Crippen molar-refractivity contribution in [1.29, 1.82) is 0 Å². The van der Waals surface area contributed by atoms with Crippen molar-refractivity contribution in [1.82, 2.24) is 8.61 Å². The average molecular weight is 280 g/mol. The maximum absolute atomic E-state index is 12.0. The zero-order valence-electron chi connectivity index (χ0n) is 11.7. The summed E-state index contributed by atoms with van der Waals surface area (Å²) in [6.45, 7) is 2.84. The highest BCUT2D eigenvalue weighted by atomic mass is 32.2. The molecule has 0 rings (SSSR count). The molecule has 18 heavy (non-hydrogen) atoms. The van der Waals surface area contributed by atoms with Crippen LogP contribution in [0.25, 0.3) is 0 Å². The molecule has 0 spiro atoms. The highest BCUT2D eigenvalue weighted by Gasteiger charge is 2.22. The Morgan fingerprint density at radius 1 is 1.11 bits per heavy atom. The fraction of sp³-hybridized carbons (Fsp3) is 0.909. The lowest BCUT2D eigenvalue weighted by molar-refractivity contribution is -0.140. The molecule has 7 heteroatoms. The van der Waals surface area contributed by atoms with Crippen molar-refractivity contribution in [3.05, 3.63) is 0 Å². The van der Waals surface area contributed by atoms with Gasteiger partial charge in [-0.1, -0.05) is 13.3 Å². The van der Waals surface area contributed by atoms with Crippen molar-refractivity contribution >= 4 is 16.2 Å². The molecule has 0 aromatic heterocycles. The summed E-state index contributed by atoms with van der Waals surface area (Å²) < 4.78 is 31.1. The Balaban J connectivity index is 4.21. The molecule has 0 radical (unpaired) electrons. The van der Waals surface area contributed by atoms with E-state index >= 15 is 0 Å². The first-order chi connectivity index (χ1) is 8.36. The van der Waals surface area contributed by atoms with Gasteiger partial charge >= 0.3 is 5.97 Å². The maximum atomic E-state index is 12.0. The Morgan fingerprint density at radius 3 is 2.06 bits per heavy atom. The molecule has 108 valence electrons. The quantitative estimate of drug-likeness (QED) is 0.587. The number of nitrogens with zero attached hydrogens (tertiary/aromatic N) is 2. The number of unbranched alkanes of at least 4 members (excludes halogenated alkanes) is 1. The van der Waals surface area contributed by atoms with E-state index in [0.29, 0.717) is 19.5 Å². The number of methoxy groups -OCH3 is 1. The molecule has 0 unspecified atom stereocenters. The summed E-state index contributed by atoms with van der Waals surface area (Å²) in [5.74, 6) is -0.319. The van der Waals surface area contributed by atoms with Gasteiger partial charge in [0.1, 0.15) is 0 Å². The number of hydrogen-bond acceptors (Lipinski definition) is 4. The lowest BCUT2D eigenvalue weighted by Crippen LogP contribution is -2.40. The average Bonchev–Trinajstić information content (AvgIpc) is 2.35. The summed E-state index contributed by atoms with van der Waals surface area (Å²) in [6.07, 6.45) is 2.48. The zero-order chi connectivity index (χ0) is 14.2. The normalized spacial score (nSPS) is 12.1. The Kier molecular flexibility index (Phi) is 8.13. The van der Waals surface area contributed by atoms with Crippen molar-refractivity contribution in [2.75, 3.05) is 34.3 Å². The predicted molar refractivity (Wildman–Crippen MR) is 70.3 cm³/mol. The molecule has 0 aliphatic carbocycles. The molecule has 0 bridgehead atoms. The fourth-order valence-corrected chi connectivity index (χ4v) is 2.59. The van der Waals surface area contributed by atoms with E-state index in [0.717, 1.165) is 12.8 Å². The molecule has 0 saturated carbocycles. The number of hydrogen-bond donors (Lipinski definition) is 0. The van der Waals surface area contributed by atoms with E-state index in [1.165, 1.54) is 22.8 Å². The minimum Gasteiger partial charge on any atom is -0.469 e. The lowest BCUT2D eigenvalue weighted by Gasteiger charge is -2.24. The number of esters is 1. The van der Waals surface area contributed by atoms with Gasteiger partial charge in [-0.25, -0.2) is 0 Å². The summed E-state index contributed by atoms with van der Waals surface area (Å²) in [5, 5.41) is 0. The van der Waals surface area contributed by atoms with E-state index in [2.05, 4.69) is 4.74 Å². The second-order valence-electron chi connectivity index (χ2n) is 4.18. The van der Waals surface area contributed by atoms with E-state index in [1.54, 1.807) is 7.05 Å². The van der Waals surface area contributed by atoms with Gasteiger partial charge in [-0.05, 0) is 12.8 Å². The molecular formula is C11H24N2O4S. The van der Waals surface area contributed by atoms with Crippen LogP contribution in [0.2, 0.25) is 0 Å². The third-order valence-corrected chi connectivity index (χ3v) is 4.64. The second kappa shape index (κ2) is 8.44. The summed E-state index contributed by atoms with van der Waals surface area (Å²) in [4.78, 5) is 10.9. The highest BCUT2D eigenvalue weighted by molar-refractivity contribution is 7.86. The molecule has 0 aliphatic rings. The van der Waals surface area contributed by atoms with Gasteiger partial charge in [0.25, 0.3) is 10.2 Å². The summed E-state index contributed by atoms with van der Waals surface area (Å²) in [7, 11) is 1.01. The Labute approximate surface area is 110 Å². The third-order valence-electron chi connectivity index (χ3n) is 2.70. The first kappa shape index (κ1) is 17.3. The molecule has 0 fully saturated rings. The summed E-state index contributed by atoms with van der Waals surface area (Å²) >= 11 is 0. The van der Waals surface area contributed by atoms with Crippen LogP contribution in [0.4, 0.5) is 0 Å². The molecule has 0 N–H and O–H groups in total. The molecule has 6 nitrogen and oxygen atoms in total. The largest absolute Gasteiger partial charge is 0.469 e. The van der Waals surface area contributed by atoms with Crippen molar-refractivity contribution < 1.29 is 17.9 Å². The van der Waals surface area contributed by atoms with Gasteiger partial charge in [-0.15, -0.1) is 0 Å². The summed E-state index contributed by atoms with van der Waals surface area (Å²) in [6, 6.07) is 0. The zero-order valence-corrected chi connectivity index (χ0v) is 12.5. The van der Waals surface area contributed by atoms with Gasteiger partial charge in [-0.2, -0.15) is 17.0 Å². The topological polar surface area (TPSA) is 66.9 Å². The molecular weight excluding hydrogens is 256 g/mol. The van der Waals surface area contributed by atoms with Crippen LogP contribution < -0.4 is 0 Å². The highest BCUT2D eigenvalue weighted by Crippen LogP contribution is 2.07. The molecule has 0 saturated heterocycles. The first-order valence-corrected chi connectivity index (χ1v) is 7.50. The molecule has 0 aliphatic heterocycles. The number of carbonyl (C=O) groups excluding carboxylic acids is 1. The van der Waals surface area contributed by atoms with Crippen molar-refractivity contribution in [3.63, 3.8) is 0 Å². The Hall–Kier alpha value is -0.660. The molecule has 0 heterocycles. The number of ether oxygens (including phenoxy) is 1. The van der Waals surface area contributed by atoms with Gasteiger partial charge in [0.15, 0.2) is 0 Å². The van der Waals surface area contributed by atoms with E-state index in [4.69, 9.17) is 0 Å². The van der Waals surface area contributed by atoms with Gasteiger partial charge in [-0.3, -0.25) is 4.79 Å². The van der Waals surface area contributed by atoms with Crippen LogP contribution in [-0.4, -0.2) is 57.3 Å². The Morgan fingerprint density at radius 2 is 1.61 bits per heavy atom. The number of rotatable bonds is 9. The van der Waals surface area contributed by atoms with Gasteiger partial charge in [0, 0.05) is 33.6 Å².